The molecule has 0 aromatic carbocycles. The number of nitrogens with one attached hydrogen (secondary N) is 1. The maximum absolute atomic E-state index is 13.7. The van der Waals surface area contributed by atoms with E-state index in [1.807, 2.05) is 13.0 Å². The fraction of sp³-hybridized carbons (Fsp3) is 0.409. The van der Waals surface area contributed by atoms with Crippen LogP contribution in [0, 0.1) is 18.8 Å². The average Bonchev–Trinajstić information content (AvgIpc) is 3.38. The van der Waals surface area contributed by atoms with Gasteiger partial charge in [-0.3, -0.25) is 4.79 Å². The number of nitrogens with zero attached hydrogens (tertiary/aromatic N) is 5. The van der Waals surface area contributed by atoms with Crippen LogP contribution in [0.3, 0.4) is 0 Å². The van der Waals surface area contributed by atoms with E-state index >= 15 is 0 Å². The van der Waals surface area contributed by atoms with Gasteiger partial charge in [0.25, 0.3) is 5.91 Å². The van der Waals surface area contributed by atoms with Crippen LogP contribution in [-0.4, -0.2) is 49.9 Å². The number of halogens is 3. The smallest absolute Gasteiger partial charge is 0.359 e. The molecule has 33 heavy (non-hydrogen) atoms. The Balaban J connectivity index is 1.39. The molecule has 0 radical (unpaired) electrons. The first kappa shape index (κ1) is 21.7. The number of aromatic nitrogens is 4. The van der Waals surface area contributed by atoms with Gasteiger partial charge in [-0.05, 0) is 49.8 Å². The van der Waals surface area contributed by atoms with E-state index in [9.17, 15) is 18.0 Å². The van der Waals surface area contributed by atoms with Crippen LogP contribution in [0.5, 0.6) is 0 Å². The van der Waals surface area contributed by atoms with Crippen molar-refractivity contribution < 1.29 is 18.0 Å². The predicted molar refractivity (Wildman–Crippen MR) is 117 cm³/mol. The molecule has 11 heteroatoms. The zero-order valence-corrected chi connectivity index (χ0v) is 18.5. The molecule has 1 unspecified atom stereocenters. The number of rotatable bonds is 5. The second-order valence-corrected chi connectivity index (χ2v) is 9.46. The van der Waals surface area contributed by atoms with Crippen LogP contribution in [0.15, 0.2) is 36.8 Å². The molecule has 4 heterocycles. The molecule has 2 fully saturated rings. The predicted octanol–water partition coefficient (Wildman–Crippen LogP) is 4.29. The molecule has 0 spiro atoms. The third-order valence-electron chi connectivity index (χ3n) is 6.09. The number of anilines is 1. The number of alkyl halides is 3. The summed E-state index contributed by atoms with van der Waals surface area (Å²) < 4.78 is 38.7. The summed E-state index contributed by atoms with van der Waals surface area (Å²) in [7, 11) is 0. The quantitative estimate of drug-likeness (QED) is 0.594. The highest BCUT2D eigenvalue weighted by molar-refractivity contribution is 7.15. The van der Waals surface area contributed by atoms with Crippen molar-refractivity contribution in [3.05, 3.63) is 53.1 Å². The average molecular weight is 475 g/mol. The Bertz CT molecular complexity index is 1170. The summed E-state index contributed by atoms with van der Waals surface area (Å²) in [6, 6.07) is 5.15. The van der Waals surface area contributed by atoms with E-state index in [4.69, 9.17) is 0 Å². The van der Waals surface area contributed by atoms with Gasteiger partial charge in [0, 0.05) is 37.2 Å². The van der Waals surface area contributed by atoms with Crippen LogP contribution >= 0.6 is 11.3 Å². The number of carbonyl (C=O) groups is 1. The number of carbonyl (C=O) groups excluding carboxylic acids is 1. The molecule has 1 N–H and O–H groups in total. The topological polar surface area (TPSA) is 83.9 Å². The number of aryl methyl sites for hydroxylation is 1. The van der Waals surface area contributed by atoms with Gasteiger partial charge in [0.2, 0.25) is 0 Å². The van der Waals surface area contributed by atoms with Gasteiger partial charge in [-0.15, -0.1) is 0 Å². The van der Waals surface area contributed by atoms with Gasteiger partial charge < -0.3 is 10.2 Å². The fourth-order valence-electron chi connectivity index (χ4n) is 4.31. The lowest BCUT2D eigenvalue weighted by molar-refractivity contribution is -0.134. The first-order valence-electron chi connectivity index (χ1n) is 10.6. The molecule has 2 aliphatic rings. The maximum atomic E-state index is 13.7. The Morgan fingerprint density at radius 3 is 2.70 bits per heavy atom. The monoisotopic (exact) mass is 474 g/mol. The lowest BCUT2D eigenvalue weighted by atomic mass is 10.0. The minimum Gasteiger partial charge on any atom is -0.359 e. The van der Waals surface area contributed by atoms with E-state index in [1.165, 1.54) is 0 Å². The van der Waals surface area contributed by atoms with Crippen LogP contribution in [0.4, 0.5) is 18.3 Å². The molecule has 5 rings (SSSR count). The minimum absolute atomic E-state index is 0.175. The summed E-state index contributed by atoms with van der Waals surface area (Å²) in [6.07, 6.45) is 1.49. The standard InChI is InChI=1S/C22H21F3N6OS/c1-12-3-4-16(19-26-5-2-6-27-19)18(30-12)20(32)31-11-14-7-13(14)8-15(31)9-28-21-29-10-17(33-21)22(23,24)25/h2-6,10,13-15H,7-9,11H2,1H3,(H,28,29)/t13-,14+,15?/m1/s1. The van der Waals surface area contributed by atoms with E-state index in [1.54, 1.807) is 29.4 Å². The Kier molecular flexibility index (Phi) is 5.51. The normalized spacial score (nSPS) is 22.1. The molecule has 1 aliphatic heterocycles. The molecule has 1 saturated carbocycles. The van der Waals surface area contributed by atoms with E-state index in [2.05, 4.69) is 25.3 Å². The molecule has 1 saturated heterocycles. The van der Waals surface area contributed by atoms with Crippen LogP contribution in [-0.2, 0) is 6.18 Å². The van der Waals surface area contributed by atoms with Crippen LogP contribution in [0.1, 0.15) is 33.9 Å². The number of pyridine rings is 1. The third-order valence-corrected chi connectivity index (χ3v) is 7.09. The number of hydrogen-bond acceptors (Lipinski definition) is 7. The lowest BCUT2D eigenvalue weighted by Crippen LogP contribution is -2.48. The maximum Gasteiger partial charge on any atom is 0.427 e. The van der Waals surface area contributed by atoms with Crippen molar-refractivity contribution in [2.45, 2.75) is 32.0 Å². The Labute approximate surface area is 192 Å². The van der Waals surface area contributed by atoms with Crippen molar-refractivity contribution in [2.75, 3.05) is 18.4 Å². The molecule has 172 valence electrons. The van der Waals surface area contributed by atoms with Crippen molar-refractivity contribution in [1.29, 1.82) is 0 Å². The Morgan fingerprint density at radius 2 is 1.97 bits per heavy atom. The molecule has 7 nitrogen and oxygen atoms in total. The summed E-state index contributed by atoms with van der Waals surface area (Å²) in [4.78, 5) is 31.6. The molecule has 3 aromatic rings. The highest BCUT2D eigenvalue weighted by Gasteiger charge is 2.47. The van der Waals surface area contributed by atoms with Crippen LogP contribution in [0.2, 0.25) is 0 Å². The molecule has 0 bridgehead atoms. The van der Waals surface area contributed by atoms with Gasteiger partial charge in [-0.25, -0.2) is 19.9 Å². The minimum atomic E-state index is -4.42. The van der Waals surface area contributed by atoms with Gasteiger partial charge in [0.15, 0.2) is 11.0 Å². The summed E-state index contributed by atoms with van der Waals surface area (Å²) >= 11 is 0.568. The zero-order valence-electron chi connectivity index (χ0n) is 17.7. The van der Waals surface area contributed by atoms with E-state index in [0.717, 1.165) is 19.0 Å². The van der Waals surface area contributed by atoms with Gasteiger partial charge in [0.1, 0.15) is 10.6 Å². The molecular weight excluding hydrogens is 453 g/mol. The lowest BCUT2D eigenvalue weighted by Gasteiger charge is -2.35. The highest BCUT2D eigenvalue weighted by atomic mass is 32.1. The van der Waals surface area contributed by atoms with Crippen LogP contribution < -0.4 is 5.32 Å². The molecule has 1 aliphatic carbocycles. The Morgan fingerprint density at radius 1 is 1.18 bits per heavy atom. The van der Waals surface area contributed by atoms with E-state index < -0.39 is 11.1 Å². The summed E-state index contributed by atoms with van der Waals surface area (Å²) in [6.45, 7) is 2.74. The second kappa shape index (κ2) is 8.36. The third kappa shape index (κ3) is 4.54. The highest BCUT2D eigenvalue weighted by Crippen LogP contribution is 2.47. The van der Waals surface area contributed by atoms with Crippen molar-refractivity contribution >= 4 is 22.4 Å². The van der Waals surface area contributed by atoms with Gasteiger partial charge >= 0.3 is 6.18 Å². The van der Waals surface area contributed by atoms with Crippen molar-refractivity contribution in [3.63, 3.8) is 0 Å². The van der Waals surface area contributed by atoms with Crippen LogP contribution in [0.25, 0.3) is 11.4 Å². The van der Waals surface area contributed by atoms with Gasteiger partial charge in [0.05, 0.1) is 11.8 Å². The number of hydrogen-bond donors (Lipinski definition) is 1. The number of piperidine rings is 1. The molecule has 3 atom stereocenters. The van der Waals surface area contributed by atoms with Crippen molar-refractivity contribution in [3.8, 4) is 11.4 Å². The summed E-state index contributed by atoms with van der Waals surface area (Å²) in [5.41, 5.74) is 1.56. The van der Waals surface area contributed by atoms with E-state index in [-0.39, 0.29) is 17.1 Å². The number of likely N-dealkylation sites (tertiary alicyclic amines) is 1. The number of fused-ring (bicyclic) bond motifs is 1. The first-order valence-corrected chi connectivity index (χ1v) is 11.4. The molecule has 3 aromatic heterocycles. The number of amides is 1. The van der Waals surface area contributed by atoms with Gasteiger partial charge in [-0.2, -0.15) is 13.2 Å². The van der Waals surface area contributed by atoms with Crippen molar-refractivity contribution in [2.24, 2.45) is 11.8 Å². The zero-order chi connectivity index (χ0) is 23.2. The first-order chi connectivity index (χ1) is 15.8. The SMILES string of the molecule is Cc1ccc(-c2ncccn2)c(C(=O)N2C[C@@H]3C[C@@H]3CC2CNc2ncc(C(F)(F)F)s2)n1. The Hall–Kier alpha value is -3.08. The summed E-state index contributed by atoms with van der Waals surface area (Å²) in [5.74, 6) is 1.22. The molecule has 1 amide bonds. The largest absolute Gasteiger partial charge is 0.427 e. The molecular formula is C22H21F3N6OS. The number of thiazole rings is 1. The summed E-state index contributed by atoms with van der Waals surface area (Å²) in [5, 5.41) is 3.20. The second-order valence-electron chi connectivity index (χ2n) is 8.43. The van der Waals surface area contributed by atoms with Crippen molar-refractivity contribution in [1.82, 2.24) is 24.8 Å². The van der Waals surface area contributed by atoms with E-state index in [0.29, 0.717) is 59.0 Å². The fourth-order valence-corrected chi connectivity index (χ4v) is 5.00. The van der Waals surface area contributed by atoms with Gasteiger partial charge in [-0.1, -0.05) is 11.3 Å².